The van der Waals surface area contributed by atoms with Crippen molar-refractivity contribution in [3.05, 3.63) is 65.0 Å². The van der Waals surface area contributed by atoms with Crippen LogP contribution in [0.1, 0.15) is 31.7 Å². The fraction of sp³-hybridized carbons (Fsp3) is 0.385. The zero-order valence-electron chi connectivity index (χ0n) is 19.6. The van der Waals surface area contributed by atoms with E-state index in [1.165, 1.54) is 11.8 Å². The number of anilines is 1. The molecule has 0 spiro atoms. The third-order valence-electron chi connectivity index (χ3n) is 6.73. The summed E-state index contributed by atoms with van der Waals surface area (Å²) in [5.74, 6) is 0.215. The highest BCUT2D eigenvalue weighted by Gasteiger charge is 2.26. The number of fused-ring (bicyclic) bond motifs is 1. The van der Waals surface area contributed by atoms with Crippen molar-refractivity contribution in [2.75, 3.05) is 37.2 Å². The van der Waals surface area contributed by atoms with Gasteiger partial charge in [0.1, 0.15) is 0 Å². The average Bonchev–Trinajstić information content (AvgIpc) is 3.42. The van der Waals surface area contributed by atoms with Crippen molar-refractivity contribution in [1.29, 1.82) is 0 Å². The number of carbonyl (C=O) groups excluding carboxylic acids is 2. The molecule has 1 saturated carbocycles. The molecule has 2 fully saturated rings. The van der Waals surface area contributed by atoms with Gasteiger partial charge in [-0.05, 0) is 37.1 Å². The van der Waals surface area contributed by atoms with Crippen molar-refractivity contribution in [2.24, 2.45) is 0 Å². The number of hydrogen-bond donors (Lipinski definition) is 1. The van der Waals surface area contributed by atoms with E-state index in [4.69, 9.17) is 4.98 Å². The van der Waals surface area contributed by atoms with Gasteiger partial charge in [-0.25, -0.2) is 9.78 Å². The lowest BCUT2D eigenvalue weighted by Crippen LogP contribution is -2.52. The molecule has 1 N–H and O–H groups in total. The molecule has 9 heteroatoms. The summed E-state index contributed by atoms with van der Waals surface area (Å²) in [5, 5.41) is 4.14. The summed E-state index contributed by atoms with van der Waals surface area (Å²) in [4.78, 5) is 47.1. The number of rotatable bonds is 5. The van der Waals surface area contributed by atoms with Crippen molar-refractivity contribution < 1.29 is 9.59 Å². The second kappa shape index (κ2) is 10.5. The molecular weight excluding hydrogens is 462 g/mol. The summed E-state index contributed by atoms with van der Waals surface area (Å²) in [6.07, 6.45) is 4.15. The minimum absolute atomic E-state index is 0.00139. The van der Waals surface area contributed by atoms with E-state index in [0.29, 0.717) is 42.2 Å². The predicted octanol–water partition coefficient (Wildman–Crippen LogP) is 3.98. The highest BCUT2D eigenvalue weighted by atomic mass is 32.2. The van der Waals surface area contributed by atoms with Crippen molar-refractivity contribution in [2.45, 2.75) is 36.9 Å². The average molecular weight is 492 g/mol. The number of carbonyl (C=O) groups is 2. The van der Waals surface area contributed by atoms with Crippen molar-refractivity contribution in [1.82, 2.24) is 19.4 Å². The molecule has 0 radical (unpaired) electrons. The van der Waals surface area contributed by atoms with Crippen LogP contribution in [0.2, 0.25) is 0 Å². The van der Waals surface area contributed by atoms with E-state index in [1.807, 2.05) is 59.2 Å². The zero-order valence-corrected chi connectivity index (χ0v) is 20.4. The van der Waals surface area contributed by atoms with Crippen LogP contribution in [0.3, 0.4) is 0 Å². The Kier molecular flexibility index (Phi) is 7.03. The lowest BCUT2D eigenvalue weighted by Gasteiger charge is -2.34. The third-order valence-corrected chi connectivity index (χ3v) is 7.67. The van der Waals surface area contributed by atoms with Gasteiger partial charge in [-0.2, -0.15) is 0 Å². The maximum Gasteiger partial charge on any atom is 0.321 e. The molecular formula is C26H29N5O3S. The monoisotopic (exact) mass is 491 g/mol. The second-order valence-electron chi connectivity index (χ2n) is 8.98. The van der Waals surface area contributed by atoms with Crippen molar-refractivity contribution >= 4 is 40.3 Å². The summed E-state index contributed by atoms with van der Waals surface area (Å²) in [6, 6.07) is 16.7. The Morgan fingerprint density at radius 3 is 2.31 bits per heavy atom. The maximum atomic E-state index is 13.3. The van der Waals surface area contributed by atoms with Crippen LogP contribution in [0, 0.1) is 0 Å². The number of amides is 3. The van der Waals surface area contributed by atoms with Gasteiger partial charge in [0.2, 0.25) is 5.91 Å². The Hall–Kier alpha value is -3.33. The van der Waals surface area contributed by atoms with Crippen LogP contribution < -0.4 is 10.9 Å². The highest BCUT2D eigenvalue weighted by Crippen LogP contribution is 2.32. The number of thioether (sulfide) groups is 1. The molecule has 35 heavy (non-hydrogen) atoms. The van der Waals surface area contributed by atoms with Crippen LogP contribution in [0.15, 0.2) is 64.5 Å². The summed E-state index contributed by atoms with van der Waals surface area (Å²) < 4.78 is 1.82. The van der Waals surface area contributed by atoms with Crippen molar-refractivity contribution in [3.63, 3.8) is 0 Å². The minimum Gasteiger partial charge on any atom is -0.338 e. The number of nitrogens with zero attached hydrogens (tertiary/aromatic N) is 4. The molecule has 0 atom stereocenters. The largest absolute Gasteiger partial charge is 0.338 e. The van der Waals surface area contributed by atoms with Crippen LogP contribution in [-0.4, -0.2) is 63.2 Å². The quantitative estimate of drug-likeness (QED) is 0.431. The summed E-state index contributed by atoms with van der Waals surface area (Å²) in [6.45, 7) is 1.94. The Bertz CT molecular complexity index is 1260. The van der Waals surface area contributed by atoms with E-state index in [-0.39, 0.29) is 29.3 Å². The number of hydrogen-bond acceptors (Lipinski definition) is 5. The molecule has 1 aliphatic heterocycles. The van der Waals surface area contributed by atoms with Gasteiger partial charge < -0.3 is 15.1 Å². The fourth-order valence-corrected chi connectivity index (χ4v) is 5.78. The van der Waals surface area contributed by atoms with Crippen LogP contribution in [0.25, 0.3) is 10.9 Å². The first kappa shape index (κ1) is 23.4. The topological polar surface area (TPSA) is 87.5 Å². The Labute approximate surface area is 208 Å². The Morgan fingerprint density at radius 1 is 0.914 bits per heavy atom. The fourth-order valence-electron chi connectivity index (χ4n) is 4.81. The zero-order chi connectivity index (χ0) is 24.2. The van der Waals surface area contributed by atoms with E-state index < -0.39 is 0 Å². The number of nitrogens with one attached hydrogen (secondary N) is 1. The first-order valence-electron chi connectivity index (χ1n) is 12.1. The molecule has 0 unspecified atom stereocenters. The molecule has 2 aromatic carbocycles. The van der Waals surface area contributed by atoms with Gasteiger partial charge in [0, 0.05) is 37.9 Å². The molecule has 182 valence electrons. The first-order chi connectivity index (χ1) is 17.1. The van der Waals surface area contributed by atoms with Crippen LogP contribution in [0.4, 0.5) is 10.5 Å². The van der Waals surface area contributed by atoms with Crippen LogP contribution in [0.5, 0.6) is 0 Å². The lowest BCUT2D eigenvalue weighted by molar-refractivity contribution is -0.129. The van der Waals surface area contributed by atoms with Gasteiger partial charge in [0.25, 0.3) is 5.56 Å². The Balaban J connectivity index is 1.22. The van der Waals surface area contributed by atoms with Gasteiger partial charge in [-0.1, -0.05) is 54.9 Å². The molecule has 0 bridgehead atoms. The molecule has 8 nitrogen and oxygen atoms in total. The van der Waals surface area contributed by atoms with Crippen molar-refractivity contribution in [3.8, 4) is 0 Å². The number of urea groups is 1. The summed E-state index contributed by atoms with van der Waals surface area (Å²) in [7, 11) is 0. The smallest absolute Gasteiger partial charge is 0.321 e. The van der Waals surface area contributed by atoms with Gasteiger partial charge in [0.05, 0.1) is 16.7 Å². The molecule has 1 saturated heterocycles. The van der Waals surface area contributed by atoms with Gasteiger partial charge in [-0.3, -0.25) is 14.2 Å². The Morgan fingerprint density at radius 2 is 1.57 bits per heavy atom. The molecule has 1 aromatic heterocycles. The lowest BCUT2D eigenvalue weighted by atomic mass is 10.2. The molecule has 1 aliphatic carbocycles. The molecule has 2 heterocycles. The minimum atomic E-state index is -0.154. The van der Waals surface area contributed by atoms with E-state index in [1.54, 1.807) is 9.80 Å². The van der Waals surface area contributed by atoms with E-state index >= 15 is 0 Å². The van der Waals surface area contributed by atoms with Crippen LogP contribution >= 0.6 is 11.8 Å². The molecule has 3 amide bonds. The summed E-state index contributed by atoms with van der Waals surface area (Å²) >= 11 is 1.34. The predicted molar refractivity (Wildman–Crippen MR) is 138 cm³/mol. The van der Waals surface area contributed by atoms with Gasteiger partial charge in [-0.15, -0.1) is 0 Å². The number of aromatic nitrogens is 2. The standard InChI is InChI=1S/C26H29N5O3S/c32-23(29-14-16-30(17-15-29)25(34)27-19-8-2-1-3-9-19)18-35-26-28-22-13-7-6-12-21(22)24(33)31(26)20-10-4-5-11-20/h1-3,6-9,12-13,20H,4-5,10-11,14-18H2,(H,27,34). The van der Waals surface area contributed by atoms with E-state index in [0.717, 1.165) is 31.4 Å². The van der Waals surface area contributed by atoms with Crippen LogP contribution in [-0.2, 0) is 4.79 Å². The highest BCUT2D eigenvalue weighted by molar-refractivity contribution is 7.99. The van der Waals surface area contributed by atoms with E-state index in [9.17, 15) is 14.4 Å². The number of piperazine rings is 1. The normalized spacial score (nSPS) is 16.6. The summed E-state index contributed by atoms with van der Waals surface area (Å²) in [5.41, 5.74) is 1.40. The molecule has 2 aliphatic rings. The molecule has 5 rings (SSSR count). The van der Waals surface area contributed by atoms with Gasteiger partial charge >= 0.3 is 6.03 Å². The number of benzene rings is 2. The maximum absolute atomic E-state index is 13.3. The third kappa shape index (κ3) is 5.19. The second-order valence-corrected chi connectivity index (χ2v) is 9.92. The SMILES string of the molecule is O=C(CSc1nc2ccccc2c(=O)n1C1CCCC1)N1CCN(C(=O)Nc2ccccc2)CC1. The molecule has 3 aromatic rings. The van der Waals surface area contributed by atoms with E-state index in [2.05, 4.69) is 5.32 Å². The first-order valence-corrected chi connectivity index (χ1v) is 13.1. The number of para-hydroxylation sites is 2. The van der Waals surface area contributed by atoms with Gasteiger partial charge in [0.15, 0.2) is 5.16 Å².